The fourth-order valence-corrected chi connectivity index (χ4v) is 0.981. The second-order valence-electron chi connectivity index (χ2n) is 2.15. The Morgan fingerprint density at radius 1 is 0.909 bits per heavy atom. The third-order valence-electron chi connectivity index (χ3n) is 1.47. The predicted molar refractivity (Wildman–Crippen MR) is 40.6 cm³/mol. The molecular formula is C9H7BrO. The van der Waals surface area contributed by atoms with Gasteiger partial charge in [0.1, 0.15) is 0 Å². The summed E-state index contributed by atoms with van der Waals surface area (Å²) in [5.41, 5.74) is 0.935. The van der Waals surface area contributed by atoms with Crippen LogP contribution in [0.3, 0.4) is 0 Å². The highest BCUT2D eigenvalue weighted by Gasteiger charge is 1.99. The van der Waals surface area contributed by atoms with E-state index in [2.05, 4.69) is 0 Å². The second-order valence-corrected chi connectivity index (χ2v) is 2.15. The smallest absolute Gasteiger partial charge is 0.359 e. The van der Waals surface area contributed by atoms with Gasteiger partial charge in [-0.2, -0.15) is 0 Å². The summed E-state index contributed by atoms with van der Waals surface area (Å²) in [5, 5.41) is 1.14. The summed E-state index contributed by atoms with van der Waals surface area (Å²) in [6, 6.07) is 11.9. The quantitative estimate of drug-likeness (QED) is 0.545. The van der Waals surface area contributed by atoms with Crippen molar-refractivity contribution in [1.82, 2.24) is 0 Å². The molecule has 2 aromatic rings. The monoisotopic (exact) mass is 210 g/mol. The Hall–Kier alpha value is -0.890. The van der Waals surface area contributed by atoms with Crippen molar-refractivity contribution in [1.29, 1.82) is 0 Å². The largest absolute Gasteiger partial charge is 1.00 e. The van der Waals surface area contributed by atoms with Gasteiger partial charge in [-0.1, -0.05) is 12.1 Å². The van der Waals surface area contributed by atoms with Crippen LogP contribution in [0, 0.1) is 0 Å². The zero-order valence-corrected chi connectivity index (χ0v) is 7.41. The molecule has 0 radical (unpaired) electrons. The van der Waals surface area contributed by atoms with Gasteiger partial charge in [0.2, 0.25) is 0 Å². The van der Waals surface area contributed by atoms with Crippen molar-refractivity contribution in [2.75, 3.05) is 0 Å². The van der Waals surface area contributed by atoms with E-state index in [4.69, 9.17) is 4.42 Å². The first-order valence-corrected chi connectivity index (χ1v) is 3.22. The molecule has 0 aliphatic rings. The lowest BCUT2D eigenvalue weighted by atomic mass is 10.2. The predicted octanol–water partition coefficient (Wildman–Crippen LogP) is -0.282. The molecule has 0 spiro atoms. The lowest BCUT2D eigenvalue weighted by molar-refractivity contribution is -0.00000238. The van der Waals surface area contributed by atoms with Crippen LogP contribution in [0.1, 0.15) is 0 Å². The third kappa shape index (κ3) is 1.57. The van der Waals surface area contributed by atoms with E-state index in [0.717, 1.165) is 11.0 Å². The van der Waals surface area contributed by atoms with Crippen LogP contribution < -0.4 is 17.0 Å². The van der Waals surface area contributed by atoms with E-state index in [1.807, 2.05) is 36.4 Å². The minimum absolute atomic E-state index is 0. The molecule has 0 aliphatic heterocycles. The van der Waals surface area contributed by atoms with E-state index < -0.39 is 0 Å². The Bertz CT molecular complexity index is 281. The number of benzene rings is 1. The number of halogens is 1. The van der Waals surface area contributed by atoms with E-state index in [0.29, 0.717) is 0 Å². The molecule has 1 heterocycles. The highest BCUT2D eigenvalue weighted by atomic mass is 79.9. The molecule has 0 aliphatic carbocycles. The van der Waals surface area contributed by atoms with Crippen LogP contribution in [-0.2, 0) is 0 Å². The summed E-state index contributed by atoms with van der Waals surface area (Å²) in [6.07, 6.45) is 1.68. The number of rotatable bonds is 0. The molecule has 0 fully saturated rings. The van der Waals surface area contributed by atoms with Gasteiger partial charge < -0.3 is 17.0 Å². The molecule has 2 heteroatoms. The molecule has 0 N–H and O–H groups in total. The molecule has 0 saturated heterocycles. The van der Waals surface area contributed by atoms with Crippen molar-refractivity contribution in [2.24, 2.45) is 0 Å². The lowest BCUT2D eigenvalue weighted by Gasteiger charge is -1.81. The van der Waals surface area contributed by atoms with Crippen LogP contribution in [0.5, 0.6) is 0 Å². The van der Waals surface area contributed by atoms with Gasteiger partial charge in [-0.3, -0.25) is 0 Å². The first kappa shape index (κ1) is 8.21. The molecule has 56 valence electrons. The highest BCUT2D eigenvalue weighted by Crippen LogP contribution is 2.11. The van der Waals surface area contributed by atoms with E-state index in [-0.39, 0.29) is 17.0 Å². The first-order valence-electron chi connectivity index (χ1n) is 3.22. The Morgan fingerprint density at radius 2 is 1.64 bits per heavy atom. The minimum atomic E-state index is 0. The molecule has 0 amide bonds. The summed E-state index contributed by atoms with van der Waals surface area (Å²) in [4.78, 5) is 0. The summed E-state index contributed by atoms with van der Waals surface area (Å²) in [7, 11) is 0. The number of hydrogen-bond acceptors (Lipinski definition) is 0. The average molecular weight is 211 g/mol. The van der Waals surface area contributed by atoms with Gasteiger partial charge in [-0.05, 0) is 12.1 Å². The van der Waals surface area contributed by atoms with E-state index in [1.165, 1.54) is 0 Å². The summed E-state index contributed by atoms with van der Waals surface area (Å²) in [5.74, 6) is 0. The van der Waals surface area contributed by atoms with Crippen LogP contribution in [-0.4, -0.2) is 0 Å². The molecule has 0 unspecified atom stereocenters. The van der Waals surface area contributed by atoms with Gasteiger partial charge >= 0.3 is 11.8 Å². The number of para-hydroxylation sites is 1. The van der Waals surface area contributed by atoms with Crippen LogP contribution in [0.4, 0.5) is 0 Å². The Balaban J connectivity index is 0.000000605. The van der Waals surface area contributed by atoms with Crippen molar-refractivity contribution < 1.29 is 21.4 Å². The van der Waals surface area contributed by atoms with E-state index >= 15 is 0 Å². The van der Waals surface area contributed by atoms with Crippen LogP contribution in [0.25, 0.3) is 11.0 Å². The normalized spacial score (nSPS) is 9.09. The van der Waals surface area contributed by atoms with Crippen LogP contribution >= 0.6 is 0 Å². The van der Waals surface area contributed by atoms with E-state index in [1.54, 1.807) is 6.26 Å². The summed E-state index contributed by atoms with van der Waals surface area (Å²) < 4.78 is 5.21. The molecule has 1 aromatic heterocycles. The topological polar surface area (TPSA) is 11.3 Å². The Kier molecular flexibility index (Phi) is 2.60. The minimum Gasteiger partial charge on any atom is -1.00 e. The standard InChI is InChI=1S/C9H7O.BrH/c1-2-6-9-8(4-1)5-3-7-10-9;/h1-7H;1H/q+1;/p-1. The lowest BCUT2D eigenvalue weighted by Crippen LogP contribution is -3.00. The van der Waals surface area contributed by atoms with Crippen molar-refractivity contribution in [3.05, 3.63) is 42.7 Å². The van der Waals surface area contributed by atoms with E-state index in [9.17, 15) is 0 Å². The van der Waals surface area contributed by atoms with Gasteiger partial charge in [-0.25, -0.2) is 4.42 Å². The van der Waals surface area contributed by atoms with Crippen molar-refractivity contribution in [3.63, 3.8) is 0 Å². The molecule has 1 aromatic carbocycles. The maximum Gasteiger partial charge on any atom is 0.359 e. The van der Waals surface area contributed by atoms with Crippen molar-refractivity contribution >= 4 is 11.0 Å². The average Bonchev–Trinajstić information content (AvgIpc) is 2.05. The summed E-state index contributed by atoms with van der Waals surface area (Å²) >= 11 is 0. The SMILES string of the molecule is [Br-].c1ccc2[o+]cccc2c1. The zero-order chi connectivity index (χ0) is 6.81. The summed E-state index contributed by atoms with van der Waals surface area (Å²) in [6.45, 7) is 0. The molecule has 2 rings (SSSR count). The maximum atomic E-state index is 5.21. The van der Waals surface area contributed by atoms with Gasteiger partial charge in [-0.15, -0.1) is 0 Å². The van der Waals surface area contributed by atoms with Gasteiger partial charge in [0.25, 0.3) is 0 Å². The molecule has 1 nitrogen and oxygen atoms in total. The molecule has 0 atom stereocenters. The van der Waals surface area contributed by atoms with Crippen LogP contribution in [0.15, 0.2) is 47.1 Å². The molecule has 11 heavy (non-hydrogen) atoms. The zero-order valence-electron chi connectivity index (χ0n) is 5.83. The second kappa shape index (κ2) is 3.49. The van der Waals surface area contributed by atoms with Crippen molar-refractivity contribution in [2.45, 2.75) is 0 Å². The Morgan fingerprint density at radius 3 is 2.45 bits per heavy atom. The fraction of sp³-hybridized carbons (Fsp3) is 0. The molecular weight excluding hydrogens is 204 g/mol. The molecule has 0 saturated carbocycles. The van der Waals surface area contributed by atoms with Gasteiger partial charge in [0, 0.05) is 12.1 Å². The third-order valence-corrected chi connectivity index (χ3v) is 1.47. The van der Waals surface area contributed by atoms with Crippen molar-refractivity contribution in [3.8, 4) is 0 Å². The number of fused-ring (bicyclic) bond motifs is 1. The maximum absolute atomic E-state index is 5.21. The first-order chi connectivity index (χ1) is 4.97. The van der Waals surface area contributed by atoms with Gasteiger partial charge in [0.15, 0.2) is 0 Å². The highest BCUT2D eigenvalue weighted by molar-refractivity contribution is 5.75. The number of hydrogen-bond donors (Lipinski definition) is 0. The Labute approximate surface area is 75.4 Å². The fourth-order valence-electron chi connectivity index (χ4n) is 0.981. The van der Waals surface area contributed by atoms with Crippen LogP contribution in [0.2, 0.25) is 0 Å². The van der Waals surface area contributed by atoms with Gasteiger partial charge in [0.05, 0.1) is 5.39 Å². The molecule has 0 bridgehead atoms.